The monoisotopic (exact) mass is 346 g/mol. The summed E-state index contributed by atoms with van der Waals surface area (Å²) in [5, 5.41) is 13.5. The van der Waals surface area contributed by atoms with Crippen molar-refractivity contribution < 1.29 is 19.4 Å². The van der Waals surface area contributed by atoms with Crippen molar-refractivity contribution in [1.29, 1.82) is 0 Å². The van der Waals surface area contributed by atoms with Crippen molar-refractivity contribution in [2.75, 3.05) is 19.7 Å². The molecule has 25 heavy (non-hydrogen) atoms. The highest BCUT2D eigenvalue weighted by atomic mass is 16.5. The van der Waals surface area contributed by atoms with Gasteiger partial charge in [-0.3, -0.25) is 9.59 Å². The zero-order valence-electron chi connectivity index (χ0n) is 14.7. The summed E-state index contributed by atoms with van der Waals surface area (Å²) in [5.74, 6) is 0.874. The molecule has 1 aliphatic heterocycles. The van der Waals surface area contributed by atoms with Gasteiger partial charge in [0.25, 0.3) is 5.91 Å². The van der Waals surface area contributed by atoms with Gasteiger partial charge in [0.15, 0.2) is 5.60 Å². The zero-order chi connectivity index (χ0) is 17.9. The fourth-order valence-electron chi connectivity index (χ4n) is 3.11. The predicted molar refractivity (Wildman–Crippen MR) is 92.9 cm³/mol. The van der Waals surface area contributed by atoms with Crippen LogP contribution in [0.15, 0.2) is 24.3 Å². The molecule has 0 spiro atoms. The smallest absolute Gasteiger partial charge is 0.254 e. The van der Waals surface area contributed by atoms with Gasteiger partial charge in [-0.15, -0.1) is 0 Å². The van der Waals surface area contributed by atoms with Crippen molar-refractivity contribution in [2.45, 2.75) is 44.8 Å². The fraction of sp³-hybridized carbons (Fsp3) is 0.579. The molecule has 1 aromatic rings. The number of piperidine rings is 1. The molecule has 2 fully saturated rings. The third-order valence-corrected chi connectivity index (χ3v) is 4.92. The van der Waals surface area contributed by atoms with Crippen LogP contribution in [0.3, 0.4) is 0 Å². The minimum Gasteiger partial charge on any atom is -0.493 e. The summed E-state index contributed by atoms with van der Waals surface area (Å²) in [6.45, 7) is 3.10. The Labute approximate surface area is 148 Å². The minimum absolute atomic E-state index is 0.0496. The maximum atomic E-state index is 12.5. The lowest BCUT2D eigenvalue weighted by Gasteiger charge is -2.37. The zero-order valence-corrected chi connectivity index (χ0v) is 14.7. The van der Waals surface area contributed by atoms with Gasteiger partial charge in [0.1, 0.15) is 5.75 Å². The van der Waals surface area contributed by atoms with E-state index in [9.17, 15) is 14.7 Å². The Hall–Kier alpha value is -2.08. The van der Waals surface area contributed by atoms with Crippen LogP contribution in [0.1, 0.15) is 38.2 Å². The van der Waals surface area contributed by atoms with Gasteiger partial charge in [-0.1, -0.05) is 18.2 Å². The Morgan fingerprint density at radius 1 is 1.36 bits per heavy atom. The van der Waals surface area contributed by atoms with Crippen molar-refractivity contribution in [3.8, 4) is 5.75 Å². The summed E-state index contributed by atoms with van der Waals surface area (Å²) in [7, 11) is 0. The average Bonchev–Trinajstić information content (AvgIpc) is 3.43. The number of β-amino-alcohol motifs (C(OH)–C–C–N with tert-alkyl or cyclic N) is 1. The number of nitrogens with one attached hydrogen (secondary N) is 1. The summed E-state index contributed by atoms with van der Waals surface area (Å²) >= 11 is 0. The van der Waals surface area contributed by atoms with Crippen LogP contribution in [0, 0.1) is 5.92 Å². The Bertz CT molecular complexity index is 644. The van der Waals surface area contributed by atoms with E-state index in [0.29, 0.717) is 38.5 Å². The van der Waals surface area contributed by atoms with Crippen LogP contribution in [-0.2, 0) is 16.1 Å². The Kier molecular flexibility index (Phi) is 5.27. The van der Waals surface area contributed by atoms with E-state index in [-0.39, 0.29) is 12.5 Å². The second kappa shape index (κ2) is 7.44. The molecule has 2 amide bonds. The third kappa shape index (κ3) is 4.51. The Morgan fingerprint density at radius 2 is 2.12 bits per heavy atom. The number of rotatable bonds is 6. The first-order valence-electron chi connectivity index (χ1n) is 8.95. The van der Waals surface area contributed by atoms with Gasteiger partial charge in [-0.2, -0.15) is 0 Å². The summed E-state index contributed by atoms with van der Waals surface area (Å²) in [4.78, 5) is 25.6. The molecule has 1 aromatic carbocycles. The molecule has 2 aliphatic rings. The molecule has 1 unspecified atom stereocenters. The molecule has 1 atom stereocenters. The molecule has 0 bridgehead atoms. The maximum absolute atomic E-state index is 12.5. The van der Waals surface area contributed by atoms with Gasteiger partial charge in [-0.05, 0) is 37.7 Å². The van der Waals surface area contributed by atoms with Gasteiger partial charge >= 0.3 is 0 Å². The standard InChI is InChI=1S/C19H26N2O4/c1-14(22)21-10-4-9-19(24,13-21)18(23)20-11-16-5-2-3-6-17(16)25-12-15-7-8-15/h2-3,5-6,15,24H,4,7-13H2,1H3,(H,20,23). The van der Waals surface area contributed by atoms with Gasteiger partial charge in [0.05, 0.1) is 13.2 Å². The lowest BCUT2D eigenvalue weighted by Crippen LogP contribution is -2.57. The Morgan fingerprint density at radius 3 is 2.84 bits per heavy atom. The van der Waals surface area contributed by atoms with Crippen molar-refractivity contribution >= 4 is 11.8 Å². The second-order valence-corrected chi connectivity index (χ2v) is 7.12. The van der Waals surface area contributed by atoms with E-state index in [4.69, 9.17) is 4.74 Å². The van der Waals surface area contributed by atoms with Crippen LogP contribution < -0.4 is 10.1 Å². The molecule has 1 saturated carbocycles. The second-order valence-electron chi connectivity index (χ2n) is 7.12. The maximum Gasteiger partial charge on any atom is 0.254 e. The SMILES string of the molecule is CC(=O)N1CCCC(O)(C(=O)NCc2ccccc2OCC2CC2)C1. The van der Waals surface area contributed by atoms with Crippen LogP contribution in [-0.4, -0.2) is 47.1 Å². The van der Waals surface area contributed by atoms with Crippen LogP contribution in [0.2, 0.25) is 0 Å². The van der Waals surface area contributed by atoms with Crippen molar-refractivity contribution in [3.05, 3.63) is 29.8 Å². The summed E-state index contributed by atoms with van der Waals surface area (Å²) in [6, 6.07) is 7.62. The van der Waals surface area contributed by atoms with E-state index in [2.05, 4.69) is 5.32 Å². The molecule has 1 saturated heterocycles. The first-order valence-corrected chi connectivity index (χ1v) is 8.95. The molecule has 6 heteroatoms. The number of ether oxygens (including phenoxy) is 1. The number of hydrogen-bond acceptors (Lipinski definition) is 4. The van der Waals surface area contributed by atoms with E-state index in [1.807, 2.05) is 24.3 Å². The molecule has 6 nitrogen and oxygen atoms in total. The van der Waals surface area contributed by atoms with Crippen molar-refractivity contribution in [3.63, 3.8) is 0 Å². The largest absolute Gasteiger partial charge is 0.493 e. The molecule has 0 radical (unpaired) electrons. The number of para-hydroxylation sites is 1. The lowest BCUT2D eigenvalue weighted by molar-refractivity contribution is -0.150. The highest BCUT2D eigenvalue weighted by Gasteiger charge is 2.40. The van der Waals surface area contributed by atoms with Crippen LogP contribution in [0.25, 0.3) is 0 Å². The summed E-state index contributed by atoms with van der Waals surface area (Å²) in [6.07, 6.45) is 3.42. The van der Waals surface area contributed by atoms with Gasteiger partial charge in [0, 0.05) is 25.6 Å². The van der Waals surface area contributed by atoms with E-state index in [0.717, 1.165) is 11.3 Å². The normalized spacial score (nSPS) is 23.2. The number of amides is 2. The fourth-order valence-corrected chi connectivity index (χ4v) is 3.11. The average molecular weight is 346 g/mol. The number of likely N-dealkylation sites (tertiary alicyclic amines) is 1. The quantitative estimate of drug-likeness (QED) is 0.817. The van der Waals surface area contributed by atoms with Crippen LogP contribution in [0.4, 0.5) is 0 Å². The van der Waals surface area contributed by atoms with E-state index in [1.54, 1.807) is 0 Å². The van der Waals surface area contributed by atoms with Gasteiger partial charge < -0.3 is 20.1 Å². The molecule has 1 heterocycles. The molecular weight excluding hydrogens is 320 g/mol. The molecule has 136 valence electrons. The molecule has 0 aromatic heterocycles. The molecular formula is C19H26N2O4. The summed E-state index contributed by atoms with van der Waals surface area (Å²) in [5.41, 5.74) is -0.632. The van der Waals surface area contributed by atoms with E-state index >= 15 is 0 Å². The molecule has 2 N–H and O–H groups in total. The minimum atomic E-state index is -1.52. The number of benzene rings is 1. The number of carbonyl (C=O) groups is 2. The van der Waals surface area contributed by atoms with Crippen molar-refractivity contribution in [1.82, 2.24) is 10.2 Å². The van der Waals surface area contributed by atoms with E-state index < -0.39 is 11.5 Å². The predicted octanol–water partition coefficient (Wildman–Crippen LogP) is 1.46. The molecule has 3 rings (SSSR count). The van der Waals surface area contributed by atoms with E-state index in [1.165, 1.54) is 24.7 Å². The van der Waals surface area contributed by atoms with Gasteiger partial charge in [0.2, 0.25) is 5.91 Å². The first kappa shape index (κ1) is 17.7. The number of nitrogens with zero attached hydrogens (tertiary/aromatic N) is 1. The number of aliphatic hydroxyl groups is 1. The number of carbonyl (C=O) groups excluding carboxylic acids is 2. The molecule has 1 aliphatic carbocycles. The third-order valence-electron chi connectivity index (χ3n) is 4.92. The van der Waals surface area contributed by atoms with Crippen molar-refractivity contribution in [2.24, 2.45) is 5.92 Å². The first-order chi connectivity index (χ1) is 12.0. The highest BCUT2D eigenvalue weighted by molar-refractivity contribution is 5.86. The van der Waals surface area contributed by atoms with Crippen LogP contribution >= 0.6 is 0 Å². The highest BCUT2D eigenvalue weighted by Crippen LogP contribution is 2.30. The number of hydrogen-bond donors (Lipinski definition) is 2. The van der Waals surface area contributed by atoms with Gasteiger partial charge in [-0.25, -0.2) is 0 Å². The Balaban J connectivity index is 1.59. The summed E-state index contributed by atoms with van der Waals surface area (Å²) < 4.78 is 5.85. The topological polar surface area (TPSA) is 78.9 Å². The van der Waals surface area contributed by atoms with Crippen LogP contribution in [0.5, 0.6) is 5.75 Å². The lowest BCUT2D eigenvalue weighted by atomic mass is 9.91.